The molecular weight excluding hydrogens is 286 g/mol. The molecule has 2 rings (SSSR count). The molecule has 1 saturated heterocycles. The fourth-order valence-electron chi connectivity index (χ4n) is 2.35. The van der Waals surface area contributed by atoms with Crippen LogP contribution in [0, 0.1) is 5.92 Å². The van der Waals surface area contributed by atoms with E-state index in [-0.39, 0.29) is 12.3 Å². The molecule has 0 spiro atoms. The molecule has 0 bridgehead atoms. The monoisotopic (exact) mass is 301 g/mol. The van der Waals surface area contributed by atoms with E-state index in [1.54, 1.807) is 6.26 Å². The molecule has 94 valence electrons. The van der Waals surface area contributed by atoms with Gasteiger partial charge >= 0.3 is 5.97 Å². The molecule has 1 atom stereocenters. The molecule has 0 radical (unpaired) electrons. The van der Waals surface area contributed by atoms with E-state index in [0.29, 0.717) is 0 Å². The fourth-order valence-corrected chi connectivity index (χ4v) is 2.68. The Labute approximate surface area is 109 Å². The van der Waals surface area contributed by atoms with Gasteiger partial charge < -0.3 is 9.52 Å². The summed E-state index contributed by atoms with van der Waals surface area (Å²) >= 11 is 3.43. The van der Waals surface area contributed by atoms with Crippen molar-refractivity contribution in [2.45, 2.75) is 25.8 Å². The summed E-state index contributed by atoms with van der Waals surface area (Å²) in [6.07, 6.45) is 4.02. The number of nitrogens with zero attached hydrogens (tertiary/aromatic N) is 1. The van der Waals surface area contributed by atoms with Gasteiger partial charge in [-0.25, -0.2) is 0 Å². The van der Waals surface area contributed by atoms with Crippen LogP contribution in [-0.4, -0.2) is 29.1 Å². The van der Waals surface area contributed by atoms with Crippen LogP contribution >= 0.6 is 15.9 Å². The maximum absolute atomic E-state index is 10.7. The van der Waals surface area contributed by atoms with Crippen molar-refractivity contribution in [2.75, 3.05) is 13.1 Å². The molecule has 4 nitrogen and oxygen atoms in total. The van der Waals surface area contributed by atoms with Crippen molar-refractivity contribution in [3.05, 3.63) is 22.6 Å². The second kappa shape index (κ2) is 5.69. The van der Waals surface area contributed by atoms with E-state index in [9.17, 15) is 4.79 Å². The van der Waals surface area contributed by atoms with Crippen molar-refractivity contribution in [3.63, 3.8) is 0 Å². The van der Waals surface area contributed by atoms with Gasteiger partial charge in [0.2, 0.25) is 0 Å². The summed E-state index contributed by atoms with van der Waals surface area (Å²) in [5, 5.41) is 8.81. The smallest absolute Gasteiger partial charge is 0.303 e. The molecule has 1 unspecified atom stereocenters. The summed E-state index contributed by atoms with van der Waals surface area (Å²) in [4.78, 5) is 13.0. The van der Waals surface area contributed by atoms with Gasteiger partial charge in [0.25, 0.3) is 0 Å². The van der Waals surface area contributed by atoms with Gasteiger partial charge in [0, 0.05) is 13.0 Å². The Morgan fingerprint density at radius 1 is 1.65 bits per heavy atom. The van der Waals surface area contributed by atoms with E-state index < -0.39 is 5.97 Å². The van der Waals surface area contributed by atoms with E-state index in [0.717, 1.165) is 42.7 Å². The minimum absolute atomic E-state index is 0.273. The number of carboxylic acid groups (broad SMARTS) is 1. The standard InChI is InChI=1S/C12H16BrNO3/c13-10-3-5-17-11(10)8-14-4-1-2-9(7-14)6-12(15)16/h3,5,9H,1-2,4,6-8H2,(H,15,16). The summed E-state index contributed by atoms with van der Waals surface area (Å²) in [6, 6.07) is 1.88. The fraction of sp³-hybridized carbons (Fsp3) is 0.583. The normalized spacial score (nSPS) is 21.6. The maximum Gasteiger partial charge on any atom is 0.303 e. The number of hydrogen-bond donors (Lipinski definition) is 1. The van der Waals surface area contributed by atoms with E-state index in [2.05, 4.69) is 20.8 Å². The van der Waals surface area contributed by atoms with Crippen molar-refractivity contribution in [1.82, 2.24) is 4.90 Å². The summed E-state index contributed by atoms with van der Waals surface area (Å²) < 4.78 is 6.36. The number of rotatable bonds is 4. The van der Waals surface area contributed by atoms with Crippen LogP contribution in [0.3, 0.4) is 0 Å². The van der Waals surface area contributed by atoms with E-state index in [4.69, 9.17) is 9.52 Å². The minimum Gasteiger partial charge on any atom is -0.481 e. The zero-order valence-electron chi connectivity index (χ0n) is 9.56. The van der Waals surface area contributed by atoms with Gasteiger partial charge in [-0.3, -0.25) is 9.69 Å². The molecule has 1 aromatic heterocycles. The van der Waals surface area contributed by atoms with Crippen LogP contribution in [0.25, 0.3) is 0 Å². The zero-order valence-corrected chi connectivity index (χ0v) is 11.1. The highest BCUT2D eigenvalue weighted by Gasteiger charge is 2.23. The first-order valence-electron chi connectivity index (χ1n) is 5.81. The molecule has 0 saturated carbocycles. The number of piperidine rings is 1. The quantitative estimate of drug-likeness (QED) is 0.929. The number of carboxylic acids is 1. The third-order valence-corrected chi connectivity index (χ3v) is 3.83. The Kier molecular flexibility index (Phi) is 4.23. The maximum atomic E-state index is 10.7. The molecule has 0 aliphatic carbocycles. The van der Waals surface area contributed by atoms with Gasteiger partial charge in [-0.2, -0.15) is 0 Å². The Balaban J connectivity index is 1.89. The van der Waals surface area contributed by atoms with Gasteiger partial charge in [0.05, 0.1) is 17.3 Å². The average molecular weight is 302 g/mol. The van der Waals surface area contributed by atoms with Crippen molar-refractivity contribution in [3.8, 4) is 0 Å². The largest absolute Gasteiger partial charge is 0.481 e. The van der Waals surface area contributed by atoms with Gasteiger partial charge in [-0.1, -0.05) is 0 Å². The van der Waals surface area contributed by atoms with Gasteiger partial charge in [0.15, 0.2) is 0 Å². The third kappa shape index (κ3) is 3.57. The van der Waals surface area contributed by atoms with E-state index >= 15 is 0 Å². The molecule has 0 amide bonds. The SMILES string of the molecule is O=C(O)CC1CCCN(Cc2occc2Br)C1. The predicted molar refractivity (Wildman–Crippen MR) is 66.7 cm³/mol. The molecule has 1 aliphatic rings. The predicted octanol–water partition coefficient (Wildman–Crippen LogP) is 2.73. The van der Waals surface area contributed by atoms with Crippen LogP contribution in [0.5, 0.6) is 0 Å². The molecule has 2 heterocycles. The van der Waals surface area contributed by atoms with E-state index in [1.165, 1.54) is 0 Å². The summed E-state index contributed by atoms with van der Waals surface area (Å²) in [6.45, 7) is 2.62. The molecular formula is C12H16BrNO3. The Morgan fingerprint density at radius 2 is 2.47 bits per heavy atom. The lowest BCUT2D eigenvalue weighted by Gasteiger charge is -2.31. The topological polar surface area (TPSA) is 53.7 Å². The summed E-state index contributed by atoms with van der Waals surface area (Å²) in [7, 11) is 0. The molecule has 0 aromatic carbocycles. The molecule has 5 heteroatoms. The second-order valence-electron chi connectivity index (χ2n) is 4.53. The van der Waals surface area contributed by atoms with Crippen LogP contribution in [-0.2, 0) is 11.3 Å². The van der Waals surface area contributed by atoms with Crippen molar-refractivity contribution in [2.24, 2.45) is 5.92 Å². The molecule has 1 fully saturated rings. The highest BCUT2D eigenvalue weighted by atomic mass is 79.9. The lowest BCUT2D eigenvalue weighted by molar-refractivity contribution is -0.138. The lowest BCUT2D eigenvalue weighted by atomic mass is 9.95. The van der Waals surface area contributed by atoms with Crippen LogP contribution in [0.2, 0.25) is 0 Å². The van der Waals surface area contributed by atoms with Crippen LogP contribution < -0.4 is 0 Å². The Hall–Kier alpha value is -0.810. The number of likely N-dealkylation sites (tertiary alicyclic amines) is 1. The minimum atomic E-state index is -0.698. The second-order valence-corrected chi connectivity index (χ2v) is 5.39. The zero-order chi connectivity index (χ0) is 12.3. The van der Waals surface area contributed by atoms with Crippen LogP contribution in [0.15, 0.2) is 21.2 Å². The lowest BCUT2D eigenvalue weighted by Crippen LogP contribution is -2.35. The summed E-state index contributed by atoms with van der Waals surface area (Å²) in [5.74, 6) is 0.493. The van der Waals surface area contributed by atoms with Crippen LogP contribution in [0.4, 0.5) is 0 Å². The molecule has 1 aromatic rings. The first kappa shape index (κ1) is 12.6. The highest BCUT2D eigenvalue weighted by Crippen LogP contribution is 2.24. The highest BCUT2D eigenvalue weighted by molar-refractivity contribution is 9.10. The number of furan rings is 1. The first-order chi connectivity index (χ1) is 8.15. The molecule has 17 heavy (non-hydrogen) atoms. The number of aliphatic carboxylic acids is 1. The number of carbonyl (C=O) groups is 1. The number of hydrogen-bond acceptors (Lipinski definition) is 3. The Bertz CT molecular complexity index is 391. The number of halogens is 1. The van der Waals surface area contributed by atoms with E-state index in [1.807, 2.05) is 6.07 Å². The summed E-state index contributed by atoms with van der Waals surface area (Å²) in [5.41, 5.74) is 0. The average Bonchev–Trinajstić information content (AvgIpc) is 2.64. The first-order valence-corrected chi connectivity index (χ1v) is 6.60. The molecule has 1 aliphatic heterocycles. The molecule has 1 N–H and O–H groups in total. The van der Waals surface area contributed by atoms with Crippen molar-refractivity contribution < 1.29 is 14.3 Å². The Morgan fingerprint density at radius 3 is 3.12 bits per heavy atom. The van der Waals surface area contributed by atoms with Crippen LogP contribution in [0.1, 0.15) is 25.0 Å². The van der Waals surface area contributed by atoms with Crippen molar-refractivity contribution >= 4 is 21.9 Å². The van der Waals surface area contributed by atoms with Crippen molar-refractivity contribution in [1.29, 1.82) is 0 Å². The van der Waals surface area contributed by atoms with Gasteiger partial charge in [-0.05, 0) is 47.3 Å². The van der Waals surface area contributed by atoms with Gasteiger partial charge in [-0.15, -0.1) is 0 Å². The van der Waals surface area contributed by atoms with Gasteiger partial charge in [0.1, 0.15) is 5.76 Å². The third-order valence-electron chi connectivity index (χ3n) is 3.12.